The van der Waals surface area contributed by atoms with Crippen molar-refractivity contribution in [1.82, 2.24) is 9.63 Å². The first-order chi connectivity index (χ1) is 13.4. The summed E-state index contributed by atoms with van der Waals surface area (Å²) >= 11 is 12.3. The van der Waals surface area contributed by atoms with Gasteiger partial charge in [-0.2, -0.15) is 4.73 Å². The molecule has 1 unspecified atom stereocenters. The molecular weight excluding hydrogens is 393 g/mol. The van der Waals surface area contributed by atoms with Gasteiger partial charge in [-0.25, -0.2) is 0 Å². The van der Waals surface area contributed by atoms with Gasteiger partial charge in [0.05, 0.1) is 16.4 Å². The van der Waals surface area contributed by atoms with Gasteiger partial charge in [-0.05, 0) is 75.8 Å². The van der Waals surface area contributed by atoms with Crippen LogP contribution in [0.5, 0.6) is 0 Å². The molecule has 150 valence electrons. The highest BCUT2D eigenvalue weighted by Crippen LogP contribution is 2.23. The number of hydrogen-bond donors (Lipinski definition) is 1. The second-order valence-corrected chi connectivity index (χ2v) is 8.00. The Kier molecular flexibility index (Phi) is 6.86. The van der Waals surface area contributed by atoms with Crippen LogP contribution >= 0.6 is 23.2 Å². The summed E-state index contributed by atoms with van der Waals surface area (Å²) in [6.45, 7) is 9.78. The van der Waals surface area contributed by atoms with Crippen LogP contribution in [0.15, 0.2) is 41.4 Å². The fraction of sp³-hybridized carbons (Fsp3) is 0.409. The molecule has 1 N–H and O–H groups in total. The first-order valence-electron chi connectivity index (χ1n) is 9.83. The molecule has 3 rings (SSSR count). The normalized spacial score (nSPS) is 12.8. The predicted molar refractivity (Wildman–Crippen MR) is 119 cm³/mol. The lowest BCUT2D eigenvalue weighted by atomic mass is 10.1. The van der Waals surface area contributed by atoms with Gasteiger partial charge in [0.2, 0.25) is 0 Å². The van der Waals surface area contributed by atoms with Gasteiger partial charge >= 0.3 is 0 Å². The first kappa shape index (κ1) is 21.0. The molecule has 0 fully saturated rings. The third-order valence-corrected chi connectivity index (χ3v) is 5.70. The van der Waals surface area contributed by atoms with Gasteiger partial charge in [-0.1, -0.05) is 37.0 Å². The zero-order valence-electron chi connectivity index (χ0n) is 16.6. The van der Waals surface area contributed by atoms with E-state index in [0.29, 0.717) is 21.1 Å². The number of pyridine rings is 1. The van der Waals surface area contributed by atoms with Crippen LogP contribution in [0.2, 0.25) is 10.0 Å². The van der Waals surface area contributed by atoms with Crippen LogP contribution in [-0.2, 0) is 0 Å². The van der Waals surface area contributed by atoms with E-state index in [1.165, 1.54) is 0 Å². The van der Waals surface area contributed by atoms with E-state index in [9.17, 15) is 5.21 Å². The Morgan fingerprint density at radius 2 is 1.54 bits per heavy atom. The van der Waals surface area contributed by atoms with Crippen molar-refractivity contribution in [2.24, 2.45) is 4.99 Å². The molecule has 1 aromatic heterocycles. The van der Waals surface area contributed by atoms with E-state index in [2.05, 4.69) is 25.7 Å². The van der Waals surface area contributed by atoms with Gasteiger partial charge in [0, 0.05) is 26.9 Å². The van der Waals surface area contributed by atoms with Crippen LogP contribution in [0.1, 0.15) is 33.6 Å². The molecule has 0 spiro atoms. The predicted octanol–water partition coefficient (Wildman–Crippen LogP) is 5.75. The highest BCUT2D eigenvalue weighted by atomic mass is 35.5. The highest BCUT2D eigenvalue weighted by molar-refractivity contribution is 6.31. The summed E-state index contributed by atoms with van der Waals surface area (Å²) in [4.78, 5) is 7.46. The quantitative estimate of drug-likeness (QED) is 0.391. The minimum Gasteiger partial charge on any atom is -0.428 e. The maximum absolute atomic E-state index is 10.7. The molecule has 3 aromatic rings. The molecule has 4 nitrogen and oxygen atoms in total. The van der Waals surface area contributed by atoms with Crippen molar-refractivity contribution < 1.29 is 5.21 Å². The van der Waals surface area contributed by atoms with Gasteiger partial charge in [0.25, 0.3) is 0 Å². The number of nitrogens with zero attached hydrogens (tertiary/aromatic N) is 3. The Hall–Kier alpha value is -1.75. The zero-order chi connectivity index (χ0) is 20.3. The highest BCUT2D eigenvalue weighted by Gasteiger charge is 2.11. The monoisotopic (exact) mass is 419 g/mol. The minimum absolute atomic E-state index is 0.169. The van der Waals surface area contributed by atoms with Crippen LogP contribution in [0.3, 0.4) is 0 Å². The lowest BCUT2D eigenvalue weighted by molar-refractivity contribution is 0.211. The molecule has 0 aliphatic carbocycles. The number of aromatic nitrogens is 1. The lowest BCUT2D eigenvalue weighted by Gasteiger charge is -2.18. The van der Waals surface area contributed by atoms with Crippen molar-refractivity contribution in [3.05, 3.63) is 51.8 Å². The average molecular weight is 420 g/mol. The van der Waals surface area contributed by atoms with E-state index >= 15 is 0 Å². The maximum Gasteiger partial charge on any atom is 0.0908 e. The molecule has 0 amide bonds. The summed E-state index contributed by atoms with van der Waals surface area (Å²) in [6.07, 6.45) is 2.11. The number of halogens is 2. The van der Waals surface area contributed by atoms with Crippen LogP contribution in [0, 0.1) is 0 Å². The summed E-state index contributed by atoms with van der Waals surface area (Å²) in [6, 6.07) is 11.2. The van der Waals surface area contributed by atoms with E-state index in [-0.39, 0.29) is 6.04 Å². The fourth-order valence-electron chi connectivity index (χ4n) is 3.61. The first-order valence-corrected chi connectivity index (χ1v) is 10.6. The largest absolute Gasteiger partial charge is 0.428 e. The van der Waals surface area contributed by atoms with E-state index in [1.54, 1.807) is 12.1 Å². The second-order valence-electron chi connectivity index (χ2n) is 7.13. The van der Waals surface area contributed by atoms with Gasteiger partial charge < -0.3 is 10.1 Å². The number of fused-ring (bicyclic) bond motifs is 2. The summed E-state index contributed by atoms with van der Waals surface area (Å²) in [7, 11) is 0. The number of hydrogen-bond acceptors (Lipinski definition) is 3. The fourth-order valence-corrected chi connectivity index (χ4v) is 3.94. The van der Waals surface area contributed by atoms with E-state index < -0.39 is 0 Å². The molecule has 0 saturated heterocycles. The van der Waals surface area contributed by atoms with E-state index in [1.807, 2.05) is 24.3 Å². The number of rotatable bonds is 7. The molecule has 0 saturated carbocycles. The van der Waals surface area contributed by atoms with Crippen LogP contribution in [0.4, 0.5) is 0 Å². The Labute approximate surface area is 176 Å². The Morgan fingerprint density at radius 1 is 1.00 bits per heavy atom. The summed E-state index contributed by atoms with van der Waals surface area (Å²) in [5.41, 5.74) is 1.24. The molecule has 6 heteroatoms. The van der Waals surface area contributed by atoms with Crippen molar-refractivity contribution in [1.29, 1.82) is 0 Å². The zero-order valence-corrected chi connectivity index (χ0v) is 18.1. The van der Waals surface area contributed by atoms with Crippen LogP contribution < -0.4 is 5.36 Å². The SMILES string of the molecule is CCN(CC)CCCC(C)N=c1c2ccc(Cl)cc2n(O)c2cc(Cl)ccc12. The van der Waals surface area contributed by atoms with Crippen molar-refractivity contribution in [3.8, 4) is 0 Å². The van der Waals surface area contributed by atoms with Gasteiger partial charge in [-0.3, -0.25) is 4.99 Å². The average Bonchev–Trinajstić information content (AvgIpc) is 2.68. The Bertz CT molecular complexity index is 975. The molecule has 0 aliphatic heterocycles. The summed E-state index contributed by atoms with van der Waals surface area (Å²) in [5, 5.41) is 14.5. The van der Waals surface area contributed by atoms with Crippen molar-refractivity contribution in [2.45, 2.75) is 39.7 Å². The molecule has 0 radical (unpaired) electrons. The molecule has 2 aromatic carbocycles. The van der Waals surface area contributed by atoms with Gasteiger partial charge in [-0.15, -0.1) is 0 Å². The van der Waals surface area contributed by atoms with E-state index in [0.717, 1.165) is 53.3 Å². The van der Waals surface area contributed by atoms with Crippen molar-refractivity contribution >= 4 is 45.0 Å². The third-order valence-electron chi connectivity index (χ3n) is 5.23. The minimum atomic E-state index is 0.169. The molecule has 1 atom stereocenters. The standard InChI is InChI=1S/C22H27Cl2N3O/c1-4-26(5-2)12-6-7-15(3)25-22-18-10-8-16(23)13-20(18)27(28)21-14-17(24)9-11-19(21)22/h8-11,13-15,28H,4-7,12H2,1-3H3. The smallest absolute Gasteiger partial charge is 0.0908 e. The Morgan fingerprint density at radius 3 is 2.04 bits per heavy atom. The molecule has 0 bridgehead atoms. The number of benzene rings is 2. The third kappa shape index (κ3) is 4.45. The van der Waals surface area contributed by atoms with E-state index in [4.69, 9.17) is 28.2 Å². The molecular formula is C22H27Cl2N3O. The van der Waals surface area contributed by atoms with Crippen LogP contribution in [-0.4, -0.2) is 40.5 Å². The molecule has 28 heavy (non-hydrogen) atoms. The Balaban J connectivity index is 2.07. The van der Waals surface area contributed by atoms with Gasteiger partial charge in [0.1, 0.15) is 0 Å². The topological polar surface area (TPSA) is 40.8 Å². The summed E-state index contributed by atoms with van der Waals surface area (Å²) in [5.74, 6) is 0. The molecule has 1 heterocycles. The molecule has 0 aliphatic rings. The second kappa shape index (κ2) is 9.17. The maximum atomic E-state index is 10.7. The summed E-state index contributed by atoms with van der Waals surface area (Å²) < 4.78 is 1.15. The van der Waals surface area contributed by atoms with Crippen LogP contribution in [0.25, 0.3) is 21.8 Å². The van der Waals surface area contributed by atoms with Crippen molar-refractivity contribution in [2.75, 3.05) is 19.6 Å². The van der Waals surface area contributed by atoms with Gasteiger partial charge in [0.15, 0.2) is 0 Å². The lowest BCUT2D eigenvalue weighted by Crippen LogP contribution is -2.24. The van der Waals surface area contributed by atoms with Crippen molar-refractivity contribution in [3.63, 3.8) is 0 Å².